The maximum Gasteiger partial charge on any atom is 0.322 e. The van der Waals surface area contributed by atoms with Gasteiger partial charge in [-0.15, -0.1) is 0 Å². The Bertz CT molecular complexity index is 2540. The lowest BCUT2D eigenvalue weighted by Crippen LogP contribution is -2.74. The molecule has 0 amide bonds. The molecule has 8 atom stereocenters. The number of likely N-dealkylation sites (N-methyl/N-ethyl adjacent to an activating group) is 2. The fourth-order valence-electron chi connectivity index (χ4n) is 13.0. The average Bonchev–Trinajstić information content (AvgIpc) is 3.96. The standard InChI is InChI=1S/C50H60F2N4O6.C3H6O2/c1-8-48-20-13-23-56-25-22-50(45(48)56)36-27-37(40(60-6)28-39(36)55(5)43(50)41(58)44(48)62-30(2)57)49(46(59)61-7)21-12-16-33(47(3,51)52)29-54(4)24-19-34-35-26-32(31-14-10-9-11-15-31)17-18-38(35)53-42(34)49;1-3(4)5-2/h9-11,13-15,17-18,20,26-28,33,41,43-45,53,58H,8,12,16,19,21-25,29H2,1-7H3;1-2H3/t33?,41?,43?,44-,45?,48-,49-,50-;/m0./s1. The Hall–Kier alpha value is -5.31. The van der Waals surface area contributed by atoms with E-state index in [0.717, 1.165) is 65.3 Å². The zero-order valence-electron chi connectivity index (χ0n) is 40.3. The Morgan fingerprint density at radius 3 is 2.30 bits per heavy atom. The smallest absolute Gasteiger partial charge is 0.322 e. The van der Waals surface area contributed by atoms with Gasteiger partial charge in [-0.3, -0.25) is 19.3 Å². The number of H-pyrrole nitrogens is 1. The summed E-state index contributed by atoms with van der Waals surface area (Å²) in [6, 6.07) is 20.0. The van der Waals surface area contributed by atoms with Crippen molar-refractivity contribution in [1.29, 1.82) is 0 Å². The Kier molecular flexibility index (Phi) is 13.2. The molecular formula is C53H66F2N4O8. The molecule has 4 aliphatic heterocycles. The van der Waals surface area contributed by atoms with Gasteiger partial charge in [-0.05, 0) is 93.1 Å². The van der Waals surface area contributed by atoms with Crippen LogP contribution in [0.1, 0.15) is 82.2 Å². The Morgan fingerprint density at radius 2 is 1.66 bits per heavy atom. The zero-order chi connectivity index (χ0) is 48.2. The van der Waals surface area contributed by atoms with Gasteiger partial charge in [0.05, 0.1) is 27.4 Å². The number of nitrogens with zero attached hydrogens (tertiary/aromatic N) is 3. The van der Waals surface area contributed by atoms with Crippen LogP contribution < -0.4 is 9.64 Å². The minimum Gasteiger partial charge on any atom is -0.496 e. The van der Waals surface area contributed by atoms with E-state index in [0.29, 0.717) is 42.8 Å². The summed E-state index contributed by atoms with van der Waals surface area (Å²) in [5, 5.41) is 13.6. The highest BCUT2D eigenvalue weighted by atomic mass is 19.3. The number of esters is 3. The summed E-state index contributed by atoms with van der Waals surface area (Å²) in [6.45, 7) is 8.05. The summed E-state index contributed by atoms with van der Waals surface area (Å²) in [7, 11) is 8.23. The molecule has 4 unspecified atom stereocenters. The van der Waals surface area contributed by atoms with Gasteiger partial charge in [0, 0.05) is 97.2 Å². The predicted octanol–water partition coefficient (Wildman–Crippen LogP) is 7.81. The van der Waals surface area contributed by atoms with Crippen molar-refractivity contribution < 1.29 is 47.2 Å². The number of ether oxygens (including phenoxy) is 4. The third-order valence-corrected chi connectivity index (χ3v) is 16.0. The number of aromatic amines is 1. The van der Waals surface area contributed by atoms with Crippen molar-refractivity contribution in [3.8, 4) is 16.9 Å². The SMILES string of the molecule is CC[C@]12C=CCN3CC[C@@]4(c5cc([C@@]6(C(=O)OC)CCCC(C(C)(F)F)CN(C)CCc7c6[nH]c6ccc(-c8ccccc8)cc76)c(OC)cc5N(C)C4C(O)[C@@H]1OC(C)=O)C32.COC(C)=O. The van der Waals surface area contributed by atoms with Crippen LogP contribution in [0.2, 0.25) is 0 Å². The van der Waals surface area contributed by atoms with Crippen molar-refractivity contribution in [1.82, 2.24) is 14.8 Å². The molecule has 3 aromatic carbocycles. The maximum absolute atomic E-state index is 15.5. The molecule has 1 spiro atoms. The Labute approximate surface area is 392 Å². The van der Waals surface area contributed by atoms with Crippen LogP contribution in [0.25, 0.3) is 22.0 Å². The van der Waals surface area contributed by atoms with Crippen LogP contribution >= 0.6 is 0 Å². The second-order valence-corrected chi connectivity index (χ2v) is 19.5. The third kappa shape index (κ3) is 7.80. The average molecular weight is 925 g/mol. The number of halogens is 2. The molecule has 5 aliphatic rings. The summed E-state index contributed by atoms with van der Waals surface area (Å²) in [5.74, 6) is -4.60. The van der Waals surface area contributed by atoms with Crippen LogP contribution in [0.5, 0.6) is 5.75 Å². The quantitative estimate of drug-likeness (QED) is 0.107. The molecule has 0 bridgehead atoms. The maximum atomic E-state index is 15.5. The van der Waals surface area contributed by atoms with Crippen LogP contribution in [0, 0.1) is 11.3 Å². The summed E-state index contributed by atoms with van der Waals surface area (Å²) in [5.41, 5.74) is 4.15. The minimum atomic E-state index is -2.94. The summed E-state index contributed by atoms with van der Waals surface area (Å²) < 4.78 is 53.4. The molecule has 0 radical (unpaired) electrons. The number of nitrogens with one attached hydrogen (secondary N) is 1. The zero-order valence-corrected chi connectivity index (χ0v) is 40.3. The fraction of sp³-hybridized carbons (Fsp3) is 0.528. The van der Waals surface area contributed by atoms with Crippen molar-refractivity contribution in [3.63, 3.8) is 0 Å². The lowest BCUT2D eigenvalue weighted by Gasteiger charge is -2.60. The highest BCUT2D eigenvalue weighted by molar-refractivity contribution is 5.95. The van der Waals surface area contributed by atoms with E-state index in [-0.39, 0.29) is 31.4 Å². The van der Waals surface area contributed by atoms with E-state index in [1.165, 1.54) is 28.1 Å². The van der Waals surface area contributed by atoms with Gasteiger partial charge < -0.3 is 38.8 Å². The number of carbonyl (C=O) groups excluding carboxylic acids is 3. The summed E-state index contributed by atoms with van der Waals surface area (Å²) in [6.07, 6.45) is 5.00. The van der Waals surface area contributed by atoms with E-state index < -0.39 is 58.3 Å². The van der Waals surface area contributed by atoms with Crippen molar-refractivity contribution in [3.05, 3.63) is 95.2 Å². The molecule has 1 aromatic heterocycles. The van der Waals surface area contributed by atoms with Gasteiger partial charge in [-0.2, -0.15) is 0 Å². The molecule has 5 heterocycles. The van der Waals surface area contributed by atoms with Crippen LogP contribution in [0.15, 0.2) is 72.8 Å². The number of fused-ring (bicyclic) bond motifs is 4. The number of alkyl halides is 2. The van der Waals surface area contributed by atoms with Gasteiger partial charge in [0.15, 0.2) is 0 Å². The highest BCUT2D eigenvalue weighted by Crippen LogP contribution is 2.66. The summed E-state index contributed by atoms with van der Waals surface area (Å²) in [4.78, 5) is 48.0. The van der Waals surface area contributed by atoms with Crippen molar-refractivity contribution in [2.45, 2.75) is 107 Å². The number of carbonyl (C=O) groups is 3. The monoisotopic (exact) mass is 924 g/mol. The second kappa shape index (κ2) is 18.3. The van der Waals surface area contributed by atoms with Gasteiger partial charge in [0.25, 0.3) is 0 Å². The van der Waals surface area contributed by atoms with Crippen LogP contribution in [-0.4, -0.2) is 130 Å². The normalized spacial score (nSPS) is 29.3. The first-order chi connectivity index (χ1) is 31.9. The van der Waals surface area contributed by atoms with Crippen molar-refractivity contribution >= 4 is 34.5 Å². The highest BCUT2D eigenvalue weighted by Gasteiger charge is 2.73. The molecule has 1 saturated carbocycles. The van der Waals surface area contributed by atoms with Gasteiger partial charge >= 0.3 is 17.9 Å². The Morgan fingerprint density at radius 1 is 0.925 bits per heavy atom. The predicted molar refractivity (Wildman–Crippen MR) is 254 cm³/mol. The van der Waals surface area contributed by atoms with E-state index >= 15 is 13.6 Å². The van der Waals surface area contributed by atoms with E-state index in [4.69, 9.17) is 14.2 Å². The first kappa shape index (κ1) is 48.2. The first-order valence-electron chi connectivity index (χ1n) is 23.6. The number of aliphatic hydroxyl groups excluding tert-OH is 1. The summed E-state index contributed by atoms with van der Waals surface area (Å²) >= 11 is 0. The second-order valence-electron chi connectivity index (χ2n) is 19.5. The van der Waals surface area contributed by atoms with Gasteiger partial charge in [-0.25, -0.2) is 8.78 Å². The molecular weight excluding hydrogens is 859 g/mol. The topological polar surface area (TPSA) is 134 Å². The first-order valence-corrected chi connectivity index (χ1v) is 23.6. The number of aliphatic hydroxyl groups is 1. The van der Waals surface area contributed by atoms with E-state index in [2.05, 4.69) is 75.0 Å². The molecule has 2 fully saturated rings. The molecule has 67 heavy (non-hydrogen) atoms. The number of benzene rings is 3. The number of hydrogen-bond acceptors (Lipinski definition) is 11. The van der Waals surface area contributed by atoms with Crippen LogP contribution in [0.3, 0.4) is 0 Å². The molecule has 1 saturated heterocycles. The van der Waals surface area contributed by atoms with E-state index in [9.17, 15) is 14.7 Å². The Balaban J connectivity index is 0.00000116. The molecule has 9 rings (SSSR count). The van der Waals surface area contributed by atoms with Crippen LogP contribution in [0.4, 0.5) is 14.5 Å². The van der Waals surface area contributed by atoms with Gasteiger partial charge in [0.2, 0.25) is 5.92 Å². The van der Waals surface area contributed by atoms with Gasteiger partial charge in [-0.1, -0.05) is 61.9 Å². The number of hydrogen-bond donors (Lipinski definition) is 2. The molecule has 4 aromatic rings. The molecule has 2 N–H and O–H groups in total. The number of rotatable bonds is 7. The van der Waals surface area contributed by atoms with Crippen molar-refractivity contribution in [2.75, 3.05) is 66.5 Å². The van der Waals surface area contributed by atoms with Crippen LogP contribution in [-0.2, 0) is 45.8 Å². The lowest BCUT2D eigenvalue weighted by atomic mass is 9.51. The van der Waals surface area contributed by atoms with E-state index in [1.807, 2.05) is 43.3 Å². The fourth-order valence-corrected chi connectivity index (χ4v) is 13.0. The molecule has 1 aliphatic carbocycles. The number of anilines is 1. The molecule has 14 heteroatoms. The van der Waals surface area contributed by atoms with Gasteiger partial charge in [0.1, 0.15) is 23.4 Å². The molecule has 12 nitrogen and oxygen atoms in total. The van der Waals surface area contributed by atoms with Crippen molar-refractivity contribution in [2.24, 2.45) is 11.3 Å². The molecule has 360 valence electrons. The number of methoxy groups -OCH3 is 3. The third-order valence-electron chi connectivity index (χ3n) is 16.0. The minimum absolute atomic E-state index is 0.141. The van der Waals surface area contributed by atoms with E-state index in [1.54, 1.807) is 7.11 Å². The largest absolute Gasteiger partial charge is 0.496 e. The number of aromatic nitrogens is 1. The lowest BCUT2D eigenvalue weighted by molar-refractivity contribution is -0.184.